The molecule has 7 nitrogen and oxygen atoms in total. The lowest BCUT2D eigenvalue weighted by molar-refractivity contribution is 0.414. The number of methoxy groups -OCH3 is 1. The molecule has 0 aliphatic rings. The van der Waals surface area contributed by atoms with Crippen LogP contribution >= 0.6 is 11.6 Å². The maximum absolute atomic E-state index is 12.3. The van der Waals surface area contributed by atoms with Crippen LogP contribution in [-0.4, -0.2) is 48.2 Å². The van der Waals surface area contributed by atoms with Crippen molar-refractivity contribution in [2.75, 3.05) is 33.8 Å². The number of benzene rings is 2. The summed E-state index contributed by atoms with van der Waals surface area (Å²) in [6, 6.07) is 12.3. The molecule has 0 spiro atoms. The van der Waals surface area contributed by atoms with Gasteiger partial charge in [0.2, 0.25) is 10.0 Å². The van der Waals surface area contributed by atoms with Crippen LogP contribution in [0.15, 0.2) is 52.4 Å². The lowest BCUT2D eigenvalue weighted by Crippen LogP contribution is -2.42. The van der Waals surface area contributed by atoms with E-state index in [2.05, 4.69) is 20.3 Å². The van der Waals surface area contributed by atoms with Gasteiger partial charge in [-0.15, -0.1) is 0 Å². The fourth-order valence-electron chi connectivity index (χ4n) is 2.56. The Morgan fingerprint density at radius 3 is 2.38 bits per heavy atom. The number of halogens is 1. The fraction of sp³-hybridized carbons (Fsp3) is 0.350. The summed E-state index contributed by atoms with van der Waals surface area (Å²) in [6.07, 6.45) is 0.712. The summed E-state index contributed by atoms with van der Waals surface area (Å²) in [5, 5.41) is 6.91. The van der Waals surface area contributed by atoms with Gasteiger partial charge in [0.25, 0.3) is 0 Å². The van der Waals surface area contributed by atoms with Crippen molar-refractivity contribution in [2.24, 2.45) is 4.99 Å². The van der Waals surface area contributed by atoms with Crippen LogP contribution in [0.5, 0.6) is 5.75 Å². The first kappa shape index (κ1) is 23.0. The molecule has 29 heavy (non-hydrogen) atoms. The number of hydrogen-bond acceptors (Lipinski definition) is 4. The average molecular weight is 439 g/mol. The standard InChI is InChI=1S/C20H27ClN4O3S/c1-15-4-8-18(9-5-15)29(26,27)25-13-12-24-20(22-2)23-11-10-16-6-7-17(28-3)14-19(16)21/h4-9,14,25H,10-13H2,1-3H3,(H2,22,23,24). The van der Waals surface area contributed by atoms with Gasteiger partial charge in [-0.05, 0) is 43.2 Å². The smallest absolute Gasteiger partial charge is 0.240 e. The molecule has 0 bridgehead atoms. The molecular weight excluding hydrogens is 412 g/mol. The van der Waals surface area contributed by atoms with Crippen molar-refractivity contribution in [3.63, 3.8) is 0 Å². The van der Waals surface area contributed by atoms with Gasteiger partial charge >= 0.3 is 0 Å². The second-order valence-corrected chi connectivity index (χ2v) is 8.52. The lowest BCUT2D eigenvalue weighted by atomic mass is 10.1. The van der Waals surface area contributed by atoms with E-state index in [1.165, 1.54) is 0 Å². The highest BCUT2D eigenvalue weighted by atomic mass is 35.5. The van der Waals surface area contributed by atoms with E-state index >= 15 is 0 Å². The second kappa shape index (κ2) is 11.0. The summed E-state index contributed by atoms with van der Waals surface area (Å²) in [5.74, 6) is 1.31. The van der Waals surface area contributed by atoms with E-state index in [4.69, 9.17) is 16.3 Å². The van der Waals surface area contributed by atoms with Crippen LogP contribution in [0.2, 0.25) is 5.02 Å². The van der Waals surface area contributed by atoms with Crippen LogP contribution < -0.4 is 20.1 Å². The van der Waals surface area contributed by atoms with Gasteiger partial charge in [-0.3, -0.25) is 4.99 Å². The molecule has 0 heterocycles. The van der Waals surface area contributed by atoms with Crippen molar-refractivity contribution in [3.05, 3.63) is 58.6 Å². The van der Waals surface area contributed by atoms with Crippen molar-refractivity contribution < 1.29 is 13.2 Å². The Labute approximate surface area is 177 Å². The molecule has 3 N–H and O–H groups in total. The molecule has 9 heteroatoms. The van der Waals surface area contributed by atoms with E-state index in [1.807, 2.05) is 19.1 Å². The molecule has 2 aromatic carbocycles. The van der Waals surface area contributed by atoms with Crippen molar-refractivity contribution in [1.29, 1.82) is 0 Å². The van der Waals surface area contributed by atoms with Crippen LogP contribution in [0.3, 0.4) is 0 Å². The Balaban J connectivity index is 1.74. The molecule has 0 unspecified atom stereocenters. The zero-order chi connectivity index (χ0) is 21.3. The first-order chi connectivity index (χ1) is 13.9. The summed E-state index contributed by atoms with van der Waals surface area (Å²) < 4.78 is 32.2. The minimum Gasteiger partial charge on any atom is -0.497 e. The van der Waals surface area contributed by atoms with Gasteiger partial charge in [0, 0.05) is 31.7 Å². The Morgan fingerprint density at radius 2 is 1.76 bits per heavy atom. The Kier molecular flexibility index (Phi) is 8.75. The molecule has 0 aliphatic carbocycles. The highest BCUT2D eigenvalue weighted by Gasteiger charge is 2.12. The largest absolute Gasteiger partial charge is 0.497 e. The normalized spacial score (nSPS) is 11.9. The van der Waals surface area contributed by atoms with E-state index in [-0.39, 0.29) is 11.4 Å². The summed E-state index contributed by atoms with van der Waals surface area (Å²) in [7, 11) is -0.261. The van der Waals surface area contributed by atoms with E-state index in [0.717, 1.165) is 16.9 Å². The number of nitrogens with one attached hydrogen (secondary N) is 3. The van der Waals surface area contributed by atoms with Gasteiger partial charge in [-0.2, -0.15) is 0 Å². The molecule has 2 rings (SSSR count). The van der Waals surface area contributed by atoms with Crippen molar-refractivity contribution in [1.82, 2.24) is 15.4 Å². The van der Waals surface area contributed by atoms with E-state index in [1.54, 1.807) is 44.5 Å². The highest BCUT2D eigenvalue weighted by Crippen LogP contribution is 2.22. The van der Waals surface area contributed by atoms with Crippen LogP contribution in [-0.2, 0) is 16.4 Å². The molecule has 0 atom stereocenters. The van der Waals surface area contributed by atoms with Gasteiger partial charge in [-0.1, -0.05) is 35.4 Å². The van der Waals surface area contributed by atoms with Gasteiger partial charge in [0.05, 0.1) is 12.0 Å². The van der Waals surface area contributed by atoms with Gasteiger partial charge < -0.3 is 15.4 Å². The molecule has 2 aromatic rings. The van der Waals surface area contributed by atoms with E-state index < -0.39 is 10.0 Å². The zero-order valence-corrected chi connectivity index (χ0v) is 18.4. The van der Waals surface area contributed by atoms with Crippen LogP contribution in [0.4, 0.5) is 0 Å². The summed E-state index contributed by atoms with van der Waals surface area (Å²) in [5.41, 5.74) is 2.01. The molecule has 0 aliphatic heterocycles. The number of rotatable bonds is 9. The fourth-order valence-corrected chi connectivity index (χ4v) is 3.86. The first-order valence-electron chi connectivity index (χ1n) is 9.19. The third-order valence-electron chi connectivity index (χ3n) is 4.21. The van der Waals surface area contributed by atoms with Crippen LogP contribution in [0, 0.1) is 6.92 Å². The Hall–Kier alpha value is -2.29. The van der Waals surface area contributed by atoms with Crippen molar-refractivity contribution in [3.8, 4) is 5.75 Å². The number of aryl methyl sites for hydroxylation is 1. The second-order valence-electron chi connectivity index (χ2n) is 6.34. The van der Waals surface area contributed by atoms with E-state index in [9.17, 15) is 8.42 Å². The summed E-state index contributed by atoms with van der Waals surface area (Å²) in [4.78, 5) is 4.39. The molecule has 158 valence electrons. The minimum atomic E-state index is -3.52. The molecule has 0 fully saturated rings. The number of sulfonamides is 1. The molecule has 0 radical (unpaired) electrons. The maximum atomic E-state index is 12.3. The van der Waals surface area contributed by atoms with Crippen molar-refractivity contribution in [2.45, 2.75) is 18.2 Å². The molecule has 0 saturated carbocycles. The number of hydrogen-bond donors (Lipinski definition) is 3. The van der Waals surface area contributed by atoms with Gasteiger partial charge in [0.15, 0.2) is 5.96 Å². The van der Waals surface area contributed by atoms with Gasteiger partial charge in [-0.25, -0.2) is 13.1 Å². The Morgan fingerprint density at radius 1 is 1.07 bits per heavy atom. The van der Waals surface area contributed by atoms with Crippen molar-refractivity contribution >= 4 is 27.6 Å². The zero-order valence-electron chi connectivity index (χ0n) is 16.8. The molecule has 0 aromatic heterocycles. The predicted molar refractivity (Wildman–Crippen MR) is 117 cm³/mol. The number of ether oxygens (including phenoxy) is 1. The van der Waals surface area contributed by atoms with Gasteiger partial charge in [0.1, 0.15) is 5.75 Å². The third kappa shape index (κ3) is 7.23. The number of aliphatic imine (C=N–C) groups is 1. The Bertz CT molecular complexity index is 931. The molecule has 0 amide bonds. The lowest BCUT2D eigenvalue weighted by Gasteiger charge is -2.13. The molecule has 0 saturated heterocycles. The average Bonchev–Trinajstić information content (AvgIpc) is 2.71. The van der Waals surface area contributed by atoms with E-state index in [0.29, 0.717) is 30.5 Å². The van der Waals surface area contributed by atoms with Crippen LogP contribution in [0.1, 0.15) is 11.1 Å². The van der Waals surface area contributed by atoms with Crippen LogP contribution in [0.25, 0.3) is 0 Å². The SMILES string of the molecule is CN=C(NCCNS(=O)(=O)c1ccc(C)cc1)NCCc1ccc(OC)cc1Cl. The summed E-state index contributed by atoms with van der Waals surface area (Å²) in [6.45, 7) is 3.17. The minimum absolute atomic E-state index is 0.237. The highest BCUT2D eigenvalue weighted by molar-refractivity contribution is 7.89. The maximum Gasteiger partial charge on any atom is 0.240 e. The topological polar surface area (TPSA) is 91.8 Å². The third-order valence-corrected chi connectivity index (χ3v) is 6.04. The predicted octanol–water partition coefficient (Wildman–Crippen LogP) is 2.34. The number of nitrogens with zero attached hydrogens (tertiary/aromatic N) is 1. The molecular formula is C20H27ClN4O3S. The first-order valence-corrected chi connectivity index (χ1v) is 11.0. The monoisotopic (exact) mass is 438 g/mol. The summed E-state index contributed by atoms with van der Waals surface area (Å²) >= 11 is 6.24. The quantitative estimate of drug-likeness (QED) is 0.317. The number of guanidine groups is 1.